The monoisotopic (exact) mass is 396 g/mol. The molecule has 1 aliphatic rings. The highest BCUT2D eigenvalue weighted by Gasteiger charge is 2.39. The Kier molecular flexibility index (Phi) is 4.29. The summed E-state index contributed by atoms with van der Waals surface area (Å²) < 4.78 is 27.0. The number of hydrogen-bond acceptors (Lipinski definition) is 5. The number of nitrogens with one attached hydrogen (secondary N) is 1. The zero-order chi connectivity index (χ0) is 16.6. The van der Waals surface area contributed by atoms with Crippen LogP contribution in [-0.2, 0) is 10.0 Å². The molecule has 3 rings (SSSR count). The third-order valence-corrected chi connectivity index (χ3v) is 6.54. The van der Waals surface area contributed by atoms with Crippen molar-refractivity contribution in [3.8, 4) is 0 Å². The largest absolute Gasteiger partial charge is 0.337 e. The van der Waals surface area contributed by atoms with Crippen molar-refractivity contribution in [1.29, 1.82) is 0 Å². The number of sulfonamides is 1. The van der Waals surface area contributed by atoms with E-state index in [1.54, 1.807) is 26.2 Å². The van der Waals surface area contributed by atoms with Gasteiger partial charge in [-0.1, -0.05) is 12.1 Å². The number of hydrogen-bond donors (Lipinski definition) is 1. The van der Waals surface area contributed by atoms with Crippen molar-refractivity contribution in [3.05, 3.63) is 40.8 Å². The van der Waals surface area contributed by atoms with Gasteiger partial charge in [0.1, 0.15) is 11.6 Å². The first kappa shape index (κ1) is 16.2. The van der Waals surface area contributed by atoms with Gasteiger partial charge in [0.05, 0.1) is 21.1 Å². The Balaban J connectivity index is 1.96. The van der Waals surface area contributed by atoms with E-state index in [0.717, 1.165) is 12.8 Å². The molecule has 2 aromatic rings. The first-order valence-electron chi connectivity index (χ1n) is 7.22. The van der Waals surface area contributed by atoms with Gasteiger partial charge >= 0.3 is 0 Å². The number of aryl methyl sites for hydroxylation is 1. The van der Waals surface area contributed by atoms with Crippen molar-refractivity contribution in [3.63, 3.8) is 0 Å². The van der Waals surface area contributed by atoms with E-state index < -0.39 is 10.0 Å². The van der Waals surface area contributed by atoms with Crippen LogP contribution in [0.1, 0.15) is 18.7 Å². The average Bonchev–Trinajstić information content (AvgIpc) is 3.36. The number of nitrogens with zero attached hydrogens (tertiary/aromatic N) is 3. The van der Waals surface area contributed by atoms with E-state index in [1.807, 2.05) is 18.2 Å². The molecule has 122 valence electrons. The highest BCUT2D eigenvalue weighted by molar-refractivity contribution is 9.10. The molecule has 0 atom stereocenters. The lowest BCUT2D eigenvalue weighted by Crippen LogP contribution is -2.30. The predicted octanol–water partition coefficient (Wildman–Crippen LogP) is 3.22. The van der Waals surface area contributed by atoms with Gasteiger partial charge in [-0.25, -0.2) is 18.4 Å². The zero-order valence-electron chi connectivity index (χ0n) is 12.8. The van der Waals surface area contributed by atoms with Crippen molar-refractivity contribution >= 4 is 43.1 Å². The summed E-state index contributed by atoms with van der Waals surface area (Å²) >= 11 is 3.40. The number of para-hydroxylation sites is 2. The van der Waals surface area contributed by atoms with Crippen LogP contribution >= 0.6 is 15.9 Å². The van der Waals surface area contributed by atoms with Crippen LogP contribution in [0.15, 0.2) is 34.9 Å². The van der Waals surface area contributed by atoms with Gasteiger partial charge in [0, 0.05) is 13.2 Å². The fourth-order valence-electron chi connectivity index (χ4n) is 2.25. The number of rotatable bonds is 5. The van der Waals surface area contributed by atoms with Gasteiger partial charge in [0.15, 0.2) is 0 Å². The van der Waals surface area contributed by atoms with Crippen molar-refractivity contribution in [2.75, 3.05) is 16.7 Å². The fraction of sp³-hybridized carbons (Fsp3) is 0.333. The Morgan fingerprint density at radius 2 is 2.00 bits per heavy atom. The molecule has 6 nitrogen and oxygen atoms in total. The summed E-state index contributed by atoms with van der Waals surface area (Å²) in [5.41, 5.74) is 1.28. The van der Waals surface area contributed by atoms with Gasteiger partial charge in [-0.15, -0.1) is 0 Å². The SMILES string of the molecule is Cc1ncc(Br)c(Nc2ccccc2N(C)S(=O)(=O)C2CC2)n1. The van der Waals surface area contributed by atoms with Crippen LogP contribution < -0.4 is 9.62 Å². The van der Waals surface area contributed by atoms with Crippen molar-refractivity contribution in [2.24, 2.45) is 0 Å². The second-order valence-electron chi connectivity index (χ2n) is 5.47. The summed E-state index contributed by atoms with van der Waals surface area (Å²) in [4.78, 5) is 8.45. The van der Waals surface area contributed by atoms with E-state index in [-0.39, 0.29) is 5.25 Å². The average molecular weight is 397 g/mol. The second-order valence-corrected chi connectivity index (χ2v) is 8.57. The fourth-order valence-corrected chi connectivity index (χ4v) is 4.15. The van der Waals surface area contributed by atoms with E-state index in [2.05, 4.69) is 31.2 Å². The molecule has 23 heavy (non-hydrogen) atoms. The van der Waals surface area contributed by atoms with Crippen LogP contribution in [0.4, 0.5) is 17.2 Å². The lowest BCUT2D eigenvalue weighted by Gasteiger charge is -2.22. The van der Waals surface area contributed by atoms with Crippen LogP contribution in [-0.4, -0.2) is 30.7 Å². The van der Waals surface area contributed by atoms with E-state index in [4.69, 9.17) is 0 Å². The molecular formula is C15H17BrN4O2S. The van der Waals surface area contributed by atoms with Gasteiger partial charge in [-0.05, 0) is 47.8 Å². The first-order chi connectivity index (χ1) is 10.9. The summed E-state index contributed by atoms with van der Waals surface area (Å²) in [6.45, 7) is 1.80. The van der Waals surface area contributed by atoms with Crippen LogP contribution in [0.3, 0.4) is 0 Å². The molecule has 0 radical (unpaired) electrons. The van der Waals surface area contributed by atoms with E-state index in [9.17, 15) is 8.42 Å². The molecule has 1 heterocycles. The molecule has 1 fully saturated rings. The molecule has 1 aromatic heterocycles. The van der Waals surface area contributed by atoms with Gasteiger partial charge in [-0.2, -0.15) is 0 Å². The molecule has 1 N–H and O–H groups in total. The molecule has 8 heteroatoms. The number of aromatic nitrogens is 2. The predicted molar refractivity (Wildman–Crippen MR) is 94.5 cm³/mol. The van der Waals surface area contributed by atoms with Gasteiger partial charge in [-0.3, -0.25) is 4.31 Å². The topological polar surface area (TPSA) is 75.2 Å². The lowest BCUT2D eigenvalue weighted by atomic mass is 10.2. The van der Waals surface area contributed by atoms with Gasteiger partial charge in [0.25, 0.3) is 0 Å². The Labute approximate surface area is 144 Å². The molecule has 0 aliphatic heterocycles. The quantitative estimate of drug-likeness (QED) is 0.839. The summed E-state index contributed by atoms with van der Waals surface area (Å²) in [5, 5.41) is 2.93. The molecular weight excluding hydrogens is 380 g/mol. The second kappa shape index (κ2) is 6.09. The van der Waals surface area contributed by atoms with Crippen molar-refractivity contribution < 1.29 is 8.42 Å². The Bertz CT molecular complexity index is 837. The summed E-state index contributed by atoms with van der Waals surface area (Å²) in [5.74, 6) is 1.23. The minimum atomic E-state index is -3.30. The third-order valence-electron chi connectivity index (χ3n) is 3.69. The van der Waals surface area contributed by atoms with Gasteiger partial charge < -0.3 is 5.32 Å². The van der Waals surface area contributed by atoms with Crippen molar-refractivity contribution in [2.45, 2.75) is 25.0 Å². The van der Waals surface area contributed by atoms with E-state index in [1.165, 1.54) is 4.31 Å². The maximum atomic E-state index is 12.5. The number of benzene rings is 1. The van der Waals surface area contributed by atoms with Crippen LogP contribution in [0.25, 0.3) is 0 Å². The zero-order valence-corrected chi connectivity index (χ0v) is 15.2. The standard InChI is InChI=1S/C15H17BrN4O2S/c1-10-17-9-12(16)15(18-10)19-13-5-3-4-6-14(13)20(2)23(21,22)11-7-8-11/h3-6,9,11H,7-8H2,1-2H3,(H,17,18,19). The van der Waals surface area contributed by atoms with Crippen molar-refractivity contribution in [1.82, 2.24) is 9.97 Å². The number of halogens is 1. The normalized spacial score (nSPS) is 14.6. The van der Waals surface area contributed by atoms with Crippen LogP contribution in [0, 0.1) is 6.92 Å². The lowest BCUT2D eigenvalue weighted by molar-refractivity contribution is 0.593. The van der Waals surface area contributed by atoms with Crippen LogP contribution in [0.5, 0.6) is 0 Å². The summed E-state index contributed by atoms with van der Waals surface area (Å²) in [6.07, 6.45) is 3.13. The Morgan fingerprint density at radius 1 is 1.30 bits per heavy atom. The summed E-state index contributed by atoms with van der Waals surface area (Å²) in [7, 11) is -1.71. The minimum absolute atomic E-state index is 0.256. The molecule has 0 spiro atoms. The molecule has 0 saturated heterocycles. The first-order valence-corrected chi connectivity index (χ1v) is 9.52. The van der Waals surface area contributed by atoms with Crippen LogP contribution in [0.2, 0.25) is 0 Å². The molecule has 1 aromatic carbocycles. The maximum Gasteiger partial charge on any atom is 0.237 e. The Hall–Kier alpha value is -1.67. The third kappa shape index (κ3) is 3.32. The van der Waals surface area contributed by atoms with E-state index in [0.29, 0.717) is 27.5 Å². The Morgan fingerprint density at radius 3 is 2.70 bits per heavy atom. The number of anilines is 3. The van der Waals surface area contributed by atoms with E-state index >= 15 is 0 Å². The highest BCUT2D eigenvalue weighted by atomic mass is 79.9. The van der Waals surface area contributed by atoms with Gasteiger partial charge in [0.2, 0.25) is 10.0 Å². The molecule has 0 amide bonds. The molecule has 1 saturated carbocycles. The molecule has 0 unspecified atom stereocenters. The smallest absolute Gasteiger partial charge is 0.237 e. The maximum absolute atomic E-state index is 12.5. The summed E-state index contributed by atoms with van der Waals surface area (Å²) in [6, 6.07) is 7.29. The highest BCUT2D eigenvalue weighted by Crippen LogP contribution is 2.36. The molecule has 1 aliphatic carbocycles. The minimum Gasteiger partial charge on any atom is -0.337 e. The molecule has 0 bridgehead atoms.